The molecule has 0 aliphatic rings. The lowest BCUT2D eigenvalue weighted by molar-refractivity contribution is 0.557. The number of nitrogens with zero attached hydrogens (tertiary/aromatic N) is 3. The maximum Gasteiger partial charge on any atom is 0.184 e. The van der Waals surface area contributed by atoms with Crippen LogP contribution in [0.15, 0.2) is 24.3 Å². The van der Waals surface area contributed by atoms with Gasteiger partial charge >= 0.3 is 0 Å². The standard InChI is InChI=1S/C14H18N6/c1-14(2,3)11-7-12-17-13(19-20(12)18-11)8-4-9(15)6-10(16)5-8/h4-7,18H,15-16H2,1-3H3. The Morgan fingerprint density at radius 1 is 1.05 bits per heavy atom. The molecule has 0 bridgehead atoms. The van der Waals surface area contributed by atoms with Crippen LogP contribution in [0.25, 0.3) is 17.0 Å². The summed E-state index contributed by atoms with van der Waals surface area (Å²) in [6, 6.07) is 7.35. The number of fused-ring (bicyclic) bond motifs is 1. The molecular weight excluding hydrogens is 252 g/mol. The van der Waals surface area contributed by atoms with Crippen LogP contribution in [0, 0.1) is 0 Å². The van der Waals surface area contributed by atoms with Crippen LogP contribution in [0.2, 0.25) is 0 Å². The summed E-state index contributed by atoms with van der Waals surface area (Å²) in [5.41, 5.74) is 15.5. The molecule has 0 radical (unpaired) electrons. The first-order chi connectivity index (χ1) is 9.33. The van der Waals surface area contributed by atoms with E-state index in [0.717, 1.165) is 16.9 Å². The van der Waals surface area contributed by atoms with E-state index in [1.807, 2.05) is 18.2 Å². The van der Waals surface area contributed by atoms with Gasteiger partial charge in [-0.3, -0.25) is 5.10 Å². The Morgan fingerprint density at radius 3 is 2.25 bits per heavy atom. The predicted octanol–water partition coefficient (Wildman–Crippen LogP) is 2.19. The number of aromatic nitrogens is 4. The van der Waals surface area contributed by atoms with Crippen LogP contribution in [0.5, 0.6) is 0 Å². The van der Waals surface area contributed by atoms with E-state index in [0.29, 0.717) is 17.2 Å². The molecule has 104 valence electrons. The Morgan fingerprint density at radius 2 is 1.70 bits per heavy atom. The summed E-state index contributed by atoms with van der Waals surface area (Å²) in [5, 5.41) is 7.67. The van der Waals surface area contributed by atoms with Crippen molar-refractivity contribution in [3.8, 4) is 11.4 Å². The predicted molar refractivity (Wildman–Crippen MR) is 80.3 cm³/mol. The highest BCUT2D eigenvalue weighted by molar-refractivity contribution is 5.69. The maximum absolute atomic E-state index is 5.80. The number of benzene rings is 1. The summed E-state index contributed by atoms with van der Waals surface area (Å²) in [6.45, 7) is 6.41. The van der Waals surface area contributed by atoms with Gasteiger partial charge in [-0.25, -0.2) is 4.98 Å². The zero-order chi connectivity index (χ0) is 14.5. The van der Waals surface area contributed by atoms with Crippen molar-refractivity contribution in [2.45, 2.75) is 26.2 Å². The van der Waals surface area contributed by atoms with E-state index in [1.165, 1.54) is 0 Å². The molecule has 0 unspecified atom stereocenters. The molecule has 20 heavy (non-hydrogen) atoms. The Hall–Kier alpha value is -2.50. The van der Waals surface area contributed by atoms with E-state index >= 15 is 0 Å². The van der Waals surface area contributed by atoms with Crippen molar-refractivity contribution in [2.75, 3.05) is 11.5 Å². The van der Waals surface area contributed by atoms with Crippen molar-refractivity contribution in [1.29, 1.82) is 0 Å². The molecule has 0 fully saturated rings. The second-order valence-electron chi connectivity index (χ2n) is 6.01. The van der Waals surface area contributed by atoms with Gasteiger partial charge in [0, 0.05) is 34.1 Å². The second-order valence-corrected chi connectivity index (χ2v) is 6.01. The van der Waals surface area contributed by atoms with Crippen LogP contribution in [0.1, 0.15) is 26.5 Å². The van der Waals surface area contributed by atoms with E-state index in [2.05, 4.69) is 36.0 Å². The van der Waals surface area contributed by atoms with Crippen LogP contribution < -0.4 is 11.5 Å². The average molecular weight is 270 g/mol. The lowest BCUT2D eigenvalue weighted by atomic mass is 9.93. The van der Waals surface area contributed by atoms with Gasteiger partial charge in [-0.1, -0.05) is 20.8 Å². The van der Waals surface area contributed by atoms with Gasteiger partial charge in [-0.05, 0) is 18.2 Å². The fraction of sp³-hybridized carbons (Fsp3) is 0.286. The van der Waals surface area contributed by atoms with Gasteiger partial charge in [0.05, 0.1) is 0 Å². The number of anilines is 2. The normalized spacial score (nSPS) is 12.2. The lowest BCUT2D eigenvalue weighted by Gasteiger charge is -2.14. The molecule has 6 heteroatoms. The molecule has 1 aromatic carbocycles. The number of rotatable bonds is 1. The van der Waals surface area contributed by atoms with Gasteiger partial charge in [-0.2, -0.15) is 4.63 Å². The zero-order valence-corrected chi connectivity index (χ0v) is 11.8. The molecule has 2 heterocycles. The molecule has 0 saturated carbocycles. The Labute approximate surface area is 116 Å². The van der Waals surface area contributed by atoms with Crippen LogP contribution in [0.4, 0.5) is 11.4 Å². The Bertz CT molecular complexity index is 723. The first kappa shape index (κ1) is 12.5. The van der Waals surface area contributed by atoms with E-state index in [1.54, 1.807) is 10.7 Å². The van der Waals surface area contributed by atoms with Gasteiger partial charge in [0.25, 0.3) is 0 Å². The third-order valence-electron chi connectivity index (χ3n) is 3.18. The minimum atomic E-state index is 0.0319. The van der Waals surface area contributed by atoms with Gasteiger partial charge in [-0.15, -0.1) is 5.10 Å². The highest BCUT2D eigenvalue weighted by atomic mass is 15.5. The SMILES string of the molecule is CC(C)(C)c1cc2nc(-c3cc(N)cc(N)c3)nn2[nH]1. The second kappa shape index (κ2) is 4.00. The number of H-pyrrole nitrogens is 1. The minimum absolute atomic E-state index is 0.0319. The van der Waals surface area contributed by atoms with Crippen molar-refractivity contribution in [3.63, 3.8) is 0 Å². The molecule has 2 aromatic heterocycles. The van der Waals surface area contributed by atoms with E-state index in [-0.39, 0.29) is 5.41 Å². The third-order valence-corrected chi connectivity index (χ3v) is 3.18. The molecule has 3 aromatic rings. The highest BCUT2D eigenvalue weighted by Gasteiger charge is 2.18. The van der Waals surface area contributed by atoms with E-state index < -0.39 is 0 Å². The molecule has 0 saturated heterocycles. The Balaban J connectivity index is 2.08. The summed E-state index contributed by atoms with van der Waals surface area (Å²) in [6.07, 6.45) is 0. The summed E-state index contributed by atoms with van der Waals surface area (Å²) < 4.78 is 1.68. The third kappa shape index (κ3) is 2.09. The van der Waals surface area contributed by atoms with Gasteiger partial charge < -0.3 is 11.5 Å². The van der Waals surface area contributed by atoms with Gasteiger partial charge in [0.2, 0.25) is 0 Å². The monoisotopic (exact) mass is 270 g/mol. The summed E-state index contributed by atoms with van der Waals surface area (Å²) in [5.74, 6) is 0.607. The van der Waals surface area contributed by atoms with Crippen molar-refractivity contribution in [2.24, 2.45) is 0 Å². The molecule has 0 atom stereocenters. The summed E-state index contributed by atoms with van der Waals surface area (Å²) in [7, 11) is 0. The van der Waals surface area contributed by atoms with Crippen molar-refractivity contribution >= 4 is 17.0 Å². The first-order valence-corrected chi connectivity index (χ1v) is 6.45. The average Bonchev–Trinajstić information content (AvgIpc) is 2.83. The van der Waals surface area contributed by atoms with Crippen molar-refractivity contribution < 1.29 is 0 Å². The number of nitrogens with one attached hydrogen (secondary N) is 1. The molecule has 3 rings (SSSR count). The minimum Gasteiger partial charge on any atom is -0.399 e. The van der Waals surface area contributed by atoms with Crippen LogP contribution in [0.3, 0.4) is 0 Å². The topological polar surface area (TPSA) is 98.0 Å². The number of nitrogen functional groups attached to an aromatic ring is 2. The maximum atomic E-state index is 5.80. The lowest BCUT2D eigenvalue weighted by Crippen LogP contribution is -2.12. The number of hydrogen-bond acceptors (Lipinski definition) is 4. The first-order valence-electron chi connectivity index (χ1n) is 6.45. The van der Waals surface area contributed by atoms with Crippen molar-refractivity contribution in [3.05, 3.63) is 30.0 Å². The highest BCUT2D eigenvalue weighted by Crippen LogP contribution is 2.25. The summed E-state index contributed by atoms with van der Waals surface area (Å²) >= 11 is 0. The molecule has 0 spiro atoms. The Kier molecular flexibility index (Phi) is 2.50. The molecule has 0 amide bonds. The van der Waals surface area contributed by atoms with Crippen molar-refractivity contribution in [1.82, 2.24) is 19.8 Å². The van der Waals surface area contributed by atoms with E-state index in [4.69, 9.17) is 11.5 Å². The fourth-order valence-electron chi connectivity index (χ4n) is 2.09. The van der Waals surface area contributed by atoms with Crippen LogP contribution >= 0.6 is 0 Å². The quantitative estimate of drug-likeness (QED) is 0.590. The van der Waals surface area contributed by atoms with Crippen LogP contribution in [-0.4, -0.2) is 19.8 Å². The number of nitrogens with two attached hydrogens (primary N) is 2. The van der Waals surface area contributed by atoms with Crippen LogP contribution in [-0.2, 0) is 5.41 Å². The molecule has 0 aliphatic heterocycles. The molecule has 6 nitrogen and oxygen atoms in total. The number of hydrogen-bond donors (Lipinski definition) is 3. The van der Waals surface area contributed by atoms with Gasteiger partial charge in [0.1, 0.15) is 0 Å². The fourth-order valence-corrected chi connectivity index (χ4v) is 2.09. The van der Waals surface area contributed by atoms with E-state index in [9.17, 15) is 0 Å². The van der Waals surface area contributed by atoms with Gasteiger partial charge in [0.15, 0.2) is 11.5 Å². The smallest absolute Gasteiger partial charge is 0.184 e. The molecule has 5 N–H and O–H groups in total. The zero-order valence-electron chi connectivity index (χ0n) is 11.8. The molecule has 0 aliphatic carbocycles. The summed E-state index contributed by atoms with van der Waals surface area (Å²) in [4.78, 5) is 4.51. The largest absolute Gasteiger partial charge is 0.399 e. The molecular formula is C14H18N6. The number of aromatic amines is 1.